The van der Waals surface area contributed by atoms with Gasteiger partial charge in [-0.1, -0.05) is 13.8 Å². The summed E-state index contributed by atoms with van der Waals surface area (Å²) >= 11 is 0. The fourth-order valence-electron chi connectivity index (χ4n) is 9.87. The maximum Gasteiger partial charge on any atom is 0.102 e. The van der Waals surface area contributed by atoms with E-state index in [1.807, 2.05) is 18.0 Å². The second-order valence-electron chi connectivity index (χ2n) is 13.2. The van der Waals surface area contributed by atoms with Crippen molar-refractivity contribution in [3.63, 3.8) is 0 Å². The van der Waals surface area contributed by atoms with E-state index in [0.717, 1.165) is 37.0 Å². The van der Waals surface area contributed by atoms with Crippen LogP contribution in [0.3, 0.4) is 0 Å². The van der Waals surface area contributed by atoms with Crippen molar-refractivity contribution in [3.05, 3.63) is 18.0 Å². The summed E-state index contributed by atoms with van der Waals surface area (Å²) < 4.78 is 13.6. The highest BCUT2D eigenvalue weighted by Crippen LogP contribution is 2.69. The molecule has 1 aromatic heterocycles. The predicted molar refractivity (Wildman–Crippen MR) is 134 cm³/mol. The molecule has 4 fully saturated rings. The number of fused-ring (bicyclic) bond motifs is 5. The monoisotopic (exact) mass is 483 g/mol. The van der Waals surface area contributed by atoms with Gasteiger partial charge in [0.2, 0.25) is 0 Å². The van der Waals surface area contributed by atoms with Crippen LogP contribution in [0, 0.1) is 51.8 Å². The Morgan fingerprint density at radius 2 is 1.89 bits per heavy atom. The number of nitrogens with zero attached hydrogens (tertiary/aromatic N) is 3. The summed E-state index contributed by atoms with van der Waals surface area (Å²) in [5.74, 6) is 3.38. The molecular weight excluding hydrogens is 438 g/mol. The highest BCUT2D eigenvalue weighted by atomic mass is 16.5. The van der Waals surface area contributed by atoms with Crippen LogP contribution in [0.25, 0.3) is 0 Å². The van der Waals surface area contributed by atoms with Gasteiger partial charge in [0, 0.05) is 20.4 Å². The fourth-order valence-corrected chi connectivity index (χ4v) is 9.87. The Bertz CT molecular complexity index is 973. The van der Waals surface area contributed by atoms with Gasteiger partial charge in [-0.25, -0.2) is 0 Å². The van der Waals surface area contributed by atoms with Crippen LogP contribution in [0.5, 0.6) is 0 Å². The van der Waals surface area contributed by atoms with Gasteiger partial charge in [0.25, 0.3) is 0 Å². The molecule has 1 N–H and O–H groups in total. The lowest BCUT2D eigenvalue weighted by atomic mass is 9.43. The van der Waals surface area contributed by atoms with E-state index in [1.54, 1.807) is 13.3 Å². The molecule has 194 valence electrons. The molecule has 0 bridgehead atoms. The zero-order valence-corrected chi connectivity index (χ0v) is 22.4. The van der Waals surface area contributed by atoms with E-state index in [2.05, 4.69) is 31.9 Å². The largest absolute Gasteiger partial charge is 0.387 e. The minimum Gasteiger partial charge on any atom is -0.387 e. The summed E-state index contributed by atoms with van der Waals surface area (Å²) in [5, 5.41) is 24.8. The quantitative estimate of drug-likeness (QED) is 0.602. The highest BCUT2D eigenvalue weighted by molar-refractivity contribution is 5.22. The molecule has 0 spiro atoms. The van der Waals surface area contributed by atoms with Gasteiger partial charge in [0.05, 0.1) is 36.1 Å². The van der Waals surface area contributed by atoms with Crippen molar-refractivity contribution in [1.29, 1.82) is 5.26 Å². The molecule has 35 heavy (non-hydrogen) atoms. The van der Waals surface area contributed by atoms with E-state index in [0.29, 0.717) is 36.0 Å². The lowest BCUT2D eigenvalue weighted by Crippen LogP contribution is -2.58. The van der Waals surface area contributed by atoms with Crippen LogP contribution in [0.2, 0.25) is 0 Å². The van der Waals surface area contributed by atoms with Crippen molar-refractivity contribution < 1.29 is 14.6 Å². The van der Waals surface area contributed by atoms with E-state index < -0.39 is 5.60 Å². The Hall–Kier alpha value is -1.42. The summed E-state index contributed by atoms with van der Waals surface area (Å²) in [6.07, 6.45) is 14.0. The number of rotatable bonds is 6. The lowest BCUT2D eigenvalue weighted by Gasteiger charge is -2.62. The van der Waals surface area contributed by atoms with E-state index >= 15 is 0 Å². The number of hydrogen-bond acceptors (Lipinski definition) is 5. The summed E-state index contributed by atoms with van der Waals surface area (Å²) in [7, 11) is 3.57. The Balaban J connectivity index is 1.36. The maximum atomic E-state index is 11.1. The van der Waals surface area contributed by atoms with Crippen LogP contribution >= 0.6 is 0 Å². The first-order chi connectivity index (χ1) is 16.6. The van der Waals surface area contributed by atoms with Crippen LogP contribution in [0.15, 0.2) is 12.4 Å². The molecule has 1 heterocycles. The summed E-state index contributed by atoms with van der Waals surface area (Å²) in [4.78, 5) is 0. The van der Waals surface area contributed by atoms with Crippen molar-refractivity contribution in [2.45, 2.75) is 96.3 Å². The zero-order valence-electron chi connectivity index (χ0n) is 22.4. The predicted octanol–water partition coefficient (Wildman–Crippen LogP) is 5.20. The molecule has 6 heteroatoms. The zero-order chi connectivity index (χ0) is 25.1. The molecule has 4 aliphatic carbocycles. The lowest BCUT2D eigenvalue weighted by molar-refractivity contribution is -0.173. The van der Waals surface area contributed by atoms with Gasteiger partial charge in [0.1, 0.15) is 6.07 Å². The van der Waals surface area contributed by atoms with E-state index in [1.165, 1.54) is 38.5 Å². The van der Waals surface area contributed by atoms with Gasteiger partial charge in [-0.3, -0.25) is 4.68 Å². The minimum atomic E-state index is -0.633. The van der Waals surface area contributed by atoms with Gasteiger partial charge >= 0.3 is 0 Å². The van der Waals surface area contributed by atoms with Crippen LogP contribution in [0.1, 0.15) is 84.1 Å². The third-order valence-corrected chi connectivity index (χ3v) is 11.7. The molecule has 4 aliphatic rings. The third-order valence-electron chi connectivity index (χ3n) is 11.7. The number of ether oxygens (including phenoxy) is 2. The molecule has 9 atom stereocenters. The molecule has 0 amide bonds. The molecule has 4 saturated carbocycles. The van der Waals surface area contributed by atoms with E-state index in [4.69, 9.17) is 9.47 Å². The number of aliphatic hydroxyl groups is 1. The van der Waals surface area contributed by atoms with Gasteiger partial charge in [0.15, 0.2) is 0 Å². The summed E-state index contributed by atoms with van der Waals surface area (Å²) in [6.45, 7) is 8.53. The van der Waals surface area contributed by atoms with E-state index in [9.17, 15) is 10.4 Å². The van der Waals surface area contributed by atoms with Gasteiger partial charge < -0.3 is 14.6 Å². The number of methoxy groups -OCH3 is 2. The average molecular weight is 484 g/mol. The maximum absolute atomic E-state index is 11.1. The first kappa shape index (κ1) is 25.2. The first-order valence-electron chi connectivity index (χ1n) is 13.8. The molecule has 2 unspecified atom stereocenters. The van der Waals surface area contributed by atoms with Crippen LogP contribution in [-0.2, 0) is 16.0 Å². The standard InChI is InChI=1S/C29H45N3O3/c1-26-12-13-29(33,19-34-4)14-21(26)6-7-22-23-8-9-25(27(23,2)11-10-24(22)26)28(3,35-5)18-32-17-20(15-30)16-31-32/h16-17,21-25,33H,6-14,18-19H2,1-5H3/t21-,22+,23+,24+,25?,26+,27+,28?,29-/m1/s1. The number of hydrogen-bond donors (Lipinski definition) is 1. The molecule has 5 rings (SSSR count). The van der Waals surface area contributed by atoms with Gasteiger partial charge in [-0.2, -0.15) is 10.4 Å². The summed E-state index contributed by atoms with van der Waals surface area (Å²) in [6, 6.07) is 2.20. The number of aromatic nitrogens is 2. The molecule has 1 aromatic rings. The van der Waals surface area contributed by atoms with Crippen LogP contribution < -0.4 is 0 Å². The smallest absolute Gasteiger partial charge is 0.102 e. The Morgan fingerprint density at radius 1 is 1.11 bits per heavy atom. The molecule has 0 aliphatic heterocycles. The van der Waals surface area contributed by atoms with Crippen molar-refractivity contribution in [1.82, 2.24) is 9.78 Å². The Morgan fingerprint density at radius 3 is 2.57 bits per heavy atom. The molecule has 0 saturated heterocycles. The second-order valence-corrected chi connectivity index (χ2v) is 13.2. The van der Waals surface area contributed by atoms with Crippen molar-refractivity contribution in [2.75, 3.05) is 20.8 Å². The minimum absolute atomic E-state index is 0.270. The summed E-state index contributed by atoms with van der Waals surface area (Å²) in [5.41, 5.74) is 0.277. The highest BCUT2D eigenvalue weighted by Gasteiger charge is 2.63. The van der Waals surface area contributed by atoms with Crippen LogP contribution in [-0.4, -0.2) is 46.9 Å². The molecular formula is C29H45N3O3. The van der Waals surface area contributed by atoms with Gasteiger partial charge in [-0.05, 0) is 105 Å². The van der Waals surface area contributed by atoms with Gasteiger partial charge in [-0.15, -0.1) is 0 Å². The Labute approximate surface area is 211 Å². The average Bonchev–Trinajstić information content (AvgIpc) is 3.43. The van der Waals surface area contributed by atoms with Crippen molar-refractivity contribution >= 4 is 0 Å². The van der Waals surface area contributed by atoms with Crippen LogP contribution in [0.4, 0.5) is 0 Å². The SMILES string of the molecule is COC[C@@]1(O)CC[C@@]2(C)[C@H](CC[C@@H]3[C@@H]2CC[C@]2(C)C(C(C)(Cn4cc(C#N)cn4)OC)CC[C@@H]32)C1. The first-order valence-corrected chi connectivity index (χ1v) is 13.8. The fraction of sp³-hybridized carbons (Fsp3) is 0.862. The normalized spacial score (nSPS) is 44.5. The van der Waals surface area contributed by atoms with Crippen molar-refractivity contribution in [3.8, 4) is 6.07 Å². The third kappa shape index (κ3) is 3.97. The second kappa shape index (κ2) is 8.85. The topological polar surface area (TPSA) is 80.3 Å². The Kier molecular flexibility index (Phi) is 6.38. The molecule has 6 nitrogen and oxygen atoms in total. The number of nitriles is 1. The van der Waals surface area contributed by atoms with Crippen molar-refractivity contribution in [2.24, 2.45) is 40.4 Å². The molecule has 0 radical (unpaired) electrons. The molecule has 0 aromatic carbocycles. The van der Waals surface area contributed by atoms with E-state index in [-0.39, 0.29) is 11.0 Å².